The molecule has 0 aliphatic carbocycles. The maximum absolute atomic E-state index is 4.43. The van der Waals surface area contributed by atoms with Gasteiger partial charge >= 0.3 is 0 Å². The first-order valence-electron chi connectivity index (χ1n) is 9.48. The maximum Gasteiger partial charge on any atom is 0.225 e. The Morgan fingerprint density at radius 1 is 1.04 bits per heavy atom. The summed E-state index contributed by atoms with van der Waals surface area (Å²) in [6.45, 7) is 12.9. The summed E-state index contributed by atoms with van der Waals surface area (Å²) in [5.74, 6) is 1.67. The van der Waals surface area contributed by atoms with E-state index in [1.165, 1.54) is 58.7 Å². The second-order valence-electron chi connectivity index (χ2n) is 7.65. The molecule has 1 N–H and O–H groups in total. The Bertz CT molecular complexity index is 513. The van der Waals surface area contributed by atoms with Crippen molar-refractivity contribution in [2.24, 2.45) is 5.92 Å². The molecule has 132 valence electrons. The first kappa shape index (κ1) is 16.2. The number of anilines is 1. The number of aromatic nitrogens is 2. The molecule has 3 fully saturated rings. The molecule has 1 aromatic rings. The van der Waals surface area contributed by atoms with Crippen molar-refractivity contribution in [3.8, 4) is 0 Å². The van der Waals surface area contributed by atoms with E-state index in [-0.39, 0.29) is 0 Å². The van der Waals surface area contributed by atoms with Gasteiger partial charge in [0.1, 0.15) is 0 Å². The van der Waals surface area contributed by atoms with E-state index < -0.39 is 0 Å². The van der Waals surface area contributed by atoms with Gasteiger partial charge in [-0.05, 0) is 38.4 Å². The molecule has 4 heterocycles. The molecule has 3 aliphatic rings. The Hall–Kier alpha value is -1.24. The van der Waals surface area contributed by atoms with Crippen LogP contribution >= 0.6 is 0 Å². The molecule has 0 aromatic carbocycles. The second-order valence-corrected chi connectivity index (χ2v) is 7.65. The largest absolute Gasteiger partial charge is 0.340 e. The number of nitrogens with zero attached hydrogens (tertiary/aromatic N) is 5. The number of nitrogens with one attached hydrogen (secondary N) is 1. The molecule has 0 radical (unpaired) electrons. The van der Waals surface area contributed by atoms with Crippen LogP contribution in [0.25, 0.3) is 0 Å². The topological polar surface area (TPSA) is 47.5 Å². The highest BCUT2D eigenvalue weighted by Crippen LogP contribution is 2.22. The van der Waals surface area contributed by atoms with Crippen LogP contribution in [0.4, 0.5) is 5.95 Å². The highest BCUT2D eigenvalue weighted by molar-refractivity contribution is 5.34. The van der Waals surface area contributed by atoms with Crippen molar-refractivity contribution in [1.82, 2.24) is 25.1 Å². The third-order valence-electron chi connectivity index (χ3n) is 5.76. The normalized spacial score (nSPS) is 25.0. The first-order valence-corrected chi connectivity index (χ1v) is 9.48. The van der Waals surface area contributed by atoms with E-state index in [1.54, 1.807) is 0 Å². The van der Waals surface area contributed by atoms with Crippen LogP contribution in [0.2, 0.25) is 0 Å². The van der Waals surface area contributed by atoms with Gasteiger partial charge in [-0.25, -0.2) is 9.97 Å². The molecule has 4 rings (SSSR count). The lowest BCUT2D eigenvalue weighted by atomic mass is 9.99. The SMILES string of the molecule is Cc1cnc(N2CC(CN3CCN(C4CCNCC4)CC3)C2)nc1. The summed E-state index contributed by atoms with van der Waals surface area (Å²) in [6.07, 6.45) is 6.48. The predicted octanol–water partition coefficient (Wildman–Crippen LogP) is 0.591. The number of piperazine rings is 1. The van der Waals surface area contributed by atoms with Crippen molar-refractivity contribution in [1.29, 1.82) is 0 Å². The first-order chi connectivity index (χ1) is 11.8. The highest BCUT2D eigenvalue weighted by Gasteiger charge is 2.32. The van der Waals surface area contributed by atoms with Gasteiger partial charge in [0.05, 0.1) is 0 Å². The predicted molar refractivity (Wildman–Crippen MR) is 96.4 cm³/mol. The summed E-state index contributed by atoms with van der Waals surface area (Å²) in [5, 5.41) is 3.47. The fourth-order valence-corrected chi connectivity index (χ4v) is 4.25. The van der Waals surface area contributed by atoms with Crippen LogP contribution in [-0.2, 0) is 0 Å². The Morgan fingerprint density at radius 2 is 1.71 bits per heavy atom. The van der Waals surface area contributed by atoms with E-state index in [2.05, 4.69) is 30.0 Å². The average molecular weight is 330 g/mol. The number of hydrogen-bond acceptors (Lipinski definition) is 6. The number of rotatable bonds is 4. The Labute approximate surface area is 145 Å². The van der Waals surface area contributed by atoms with Crippen molar-refractivity contribution in [2.45, 2.75) is 25.8 Å². The average Bonchev–Trinajstić information content (AvgIpc) is 2.60. The minimum Gasteiger partial charge on any atom is -0.340 e. The van der Waals surface area contributed by atoms with Gasteiger partial charge in [0, 0.05) is 70.2 Å². The smallest absolute Gasteiger partial charge is 0.225 e. The minimum atomic E-state index is 0.778. The van der Waals surface area contributed by atoms with Gasteiger partial charge in [0.2, 0.25) is 5.95 Å². The molecule has 3 saturated heterocycles. The van der Waals surface area contributed by atoms with E-state index in [0.717, 1.165) is 36.6 Å². The molecule has 0 spiro atoms. The molecule has 24 heavy (non-hydrogen) atoms. The number of aryl methyl sites for hydroxylation is 1. The summed E-state index contributed by atoms with van der Waals surface area (Å²) in [7, 11) is 0. The molecule has 0 saturated carbocycles. The lowest BCUT2D eigenvalue weighted by molar-refractivity contribution is 0.0706. The summed E-state index contributed by atoms with van der Waals surface area (Å²) < 4.78 is 0. The minimum absolute atomic E-state index is 0.778. The van der Waals surface area contributed by atoms with Crippen LogP contribution in [0.15, 0.2) is 12.4 Å². The standard InChI is InChI=1S/C18H30N6/c1-15-10-20-18(21-11-15)24-13-16(14-24)12-22-6-8-23(9-7-22)17-2-4-19-5-3-17/h10-11,16-17,19H,2-9,12-14H2,1H3. The lowest BCUT2D eigenvalue weighted by Gasteiger charge is -2.45. The zero-order chi connectivity index (χ0) is 16.4. The van der Waals surface area contributed by atoms with Crippen LogP contribution in [-0.4, -0.2) is 84.7 Å². The Morgan fingerprint density at radius 3 is 2.38 bits per heavy atom. The molecule has 6 nitrogen and oxygen atoms in total. The number of piperidine rings is 1. The fourth-order valence-electron chi connectivity index (χ4n) is 4.25. The monoisotopic (exact) mass is 330 g/mol. The van der Waals surface area contributed by atoms with Crippen molar-refractivity contribution in [3.63, 3.8) is 0 Å². The van der Waals surface area contributed by atoms with E-state index in [4.69, 9.17) is 0 Å². The molecule has 0 bridgehead atoms. The van der Waals surface area contributed by atoms with Crippen molar-refractivity contribution in [2.75, 3.05) is 63.8 Å². The van der Waals surface area contributed by atoms with Gasteiger partial charge in [-0.1, -0.05) is 0 Å². The van der Waals surface area contributed by atoms with Crippen molar-refractivity contribution in [3.05, 3.63) is 18.0 Å². The van der Waals surface area contributed by atoms with Gasteiger partial charge in [-0.2, -0.15) is 0 Å². The number of hydrogen-bond donors (Lipinski definition) is 1. The lowest BCUT2D eigenvalue weighted by Crippen LogP contribution is -2.57. The van der Waals surface area contributed by atoms with Crippen LogP contribution in [0.1, 0.15) is 18.4 Å². The summed E-state index contributed by atoms with van der Waals surface area (Å²) in [6, 6.07) is 0.825. The van der Waals surface area contributed by atoms with Gasteiger partial charge in [0.15, 0.2) is 0 Å². The van der Waals surface area contributed by atoms with Crippen LogP contribution in [0.5, 0.6) is 0 Å². The summed E-state index contributed by atoms with van der Waals surface area (Å²) in [4.78, 5) is 16.6. The molecular formula is C18H30N6. The Balaban J connectivity index is 1.18. The zero-order valence-corrected chi connectivity index (χ0v) is 14.8. The molecule has 0 amide bonds. The third kappa shape index (κ3) is 3.71. The molecule has 1 aromatic heterocycles. The molecule has 3 aliphatic heterocycles. The van der Waals surface area contributed by atoms with Crippen LogP contribution in [0.3, 0.4) is 0 Å². The van der Waals surface area contributed by atoms with E-state index in [0.29, 0.717) is 0 Å². The third-order valence-corrected chi connectivity index (χ3v) is 5.76. The second kappa shape index (κ2) is 7.33. The van der Waals surface area contributed by atoms with Crippen LogP contribution in [0, 0.1) is 12.8 Å². The zero-order valence-electron chi connectivity index (χ0n) is 14.8. The molecule has 6 heteroatoms. The van der Waals surface area contributed by atoms with Crippen molar-refractivity contribution < 1.29 is 0 Å². The fraction of sp³-hybridized carbons (Fsp3) is 0.778. The quantitative estimate of drug-likeness (QED) is 0.872. The van der Waals surface area contributed by atoms with Crippen LogP contribution < -0.4 is 10.2 Å². The van der Waals surface area contributed by atoms with E-state index >= 15 is 0 Å². The molecule has 0 unspecified atom stereocenters. The Kier molecular flexibility index (Phi) is 4.96. The molecular weight excluding hydrogens is 300 g/mol. The van der Waals surface area contributed by atoms with Gasteiger partial charge in [-0.15, -0.1) is 0 Å². The summed E-state index contributed by atoms with van der Waals surface area (Å²) in [5.41, 5.74) is 1.13. The van der Waals surface area contributed by atoms with E-state index in [1.807, 2.05) is 19.3 Å². The molecule has 0 atom stereocenters. The van der Waals surface area contributed by atoms with Crippen molar-refractivity contribution >= 4 is 5.95 Å². The summed E-state index contributed by atoms with van der Waals surface area (Å²) >= 11 is 0. The maximum atomic E-state index is 4.43. The highest BCUT2D eigenvalue weighted by atomic mass is 15.3. The van der Waals surface area contributed by atoms with Gasteiger partial charge in [-0.3, -0.25) is 4.90 Å². The van der Waals surface area contributed by atoms with E-state index in [9.17, 15) is 0 Å². The van der Waals surface area contributed by atoms with Gasteiger partial charge < -0.3 is 15.1 Å². The van der Waals surface area contributed by atoms with Gasteiger partial charge in [0.25, 0.3) is 0 Å².